The van der Waals surface area contributed by atoms with Gasteiger partial charge in [-0.15, -0.1) is 11.8 Å². The summed E-state index contributed by atoms with van der Waals surface area (Å²) in [6, 6.07) is -0.646. The van der Waals surface area contributed by atoms with E-state index in [4.69, 9.17) is 9.84 Å². The van der Waals surface area contributed by atoms with Crippen LogP contribution in [-0.4, -0.2) is 71.1 Å². The largest absolute Gasteiger partial charge is 0.481 e. The van der Waals surface area contributed by atoms with Crippen LogP contribution in [0, 0.1) is 0 Å². The second-order valence-corrected chi connectivity index (χ2v) is 5.71. The van der Waals surface area contributed by atoms with Crippen LogP contribution in [0.25, 0.3) is 0 Å². The van der Waals surface area contributed by atoms with E-state index in [9.17, 15) is 14.4 Å². The van der Waals surface area contributed by atoms with Crippen LogP contribution in [0.15, 0.2) is 0 Å². The number of carboxylic acids is 1. The number of hydrogen-bond donors (Lipinski definition) is 2. The molecule has 8 heteroatoms. The van der Waals surface area contributed by atoms with Crippen molar-refractivity contribution in [3.8, 4) is 0 Å². The average molecular weight is 304 g/mol. The van der Waals surface area contributed by atoms with Gasteiger partial charge in [0.2, 0.25) is 11.8 Å². The Balaban J connectivity index is 2.56. The zero-order valence-corrected chi connectivity index (χ0v) is 12.4. The van der Waals surface area contributed by atoms with Crippen LogP contribution in [0.5, 0.6) is 0 Å². The van der Waals surface area contributed by atoms with Crippen LogP contribution in [0.1, 0.15) is 13.8 Å². The Labute approximate surface area is 122 Å². The van der Waals surface area contributed by atoms with Crippen LogP contribution in [0.3, 0.4) is 0 Å². The third-order valence-corrected chi connectivity index (χ3v) is 3.54. The molecule has 0 spiro atoms. The minimum absolute atomic E-state index is 0.0113. The minimum Gasteiger partial charge on any atom is -0.481 e. The third kappa shape index (κ3) is 5.38. The molecule has 1 atom stereocenters. The lowest BCUT2D eigenvalue weighted by Gasteiger charge is -2.35. The van der Waals surface area contributed by atoms with Crippen molar-refractivity contribution < 1.29 is 24.2 Å². The van der Waals surface area contributed by atoms with Crippen LogP contribution < -0.4 is 5.32 Å². The van der Waals surface area contributed by atoms with E-state index in [0.29, 0.717) is 13.2 Å². The summed E-state index contributed by atoms with van der Waals surface area (Å²) in [6.07, 6.45) is 0. The van der Waals surface area contributed by atoms with Gasteiger partial charge in [-0.05, 0) is 13.8 Å². The Kier molecular flexibility index (Phi) is 6.80. The van der Waals surface area contributed by atoms with Crippen molar-refractivity contribution in [1.82, 2.24) is 10.2 Å². The molecule has 0 saturated carbocycles. The number of hydrogen-bond acceptors (Lipinski definition) is 5. The number of aliphatic carboxylic acids is 1. The number of carboxylic acid groups (broad SMARTS) is 1. The number of carbonyl (C=O) groups is 3. The molecule has 0 aromatic heterocycles. The summed E-state index contributed by atoms with van der Waals surface area (Å²) in [6.45, 7) is 4.60. The van der Waals surface area contributed by atoms with Gasteiger partial charge in [-0.3, -0.25) is 14.4 Å². The number of rotatable bonds is 6. The topological polar surface area (TPSA) is 95.9 Å². The smallest absolute Gasteiger partial charge is 0.313 e. The molecule has 0 aromatic carbocycles. The van der Waals surface area contributed by atoms with Crippen molar-refractivity contribution in [2.45, 2.75) is 25.9 Å². The fourth-order valence-electron chi connectivity index (χ4n) is 1.81. The lowest BCUT2D eigenvalue weighted by molar-refractivity contribution is -0.146. The van der Waals surface area contributed by atoms with Gasteiger partial charge in [0.15, 0.2) is 0 Å². The summed E-state index contributed by atoms with van der Waals surface area (Å²) in [4.78, 5) is 36.0. The number of nitrogens with zero attached hydrogens (tertiary/aromatic N) is 1. The van der Waals surface area contributed by atoms with E-state index in [2.05, 4.69) is 5.32 Å². The Bertz CT molecular complexity index is 375. The highest BCUT2D eigenvalue weighted by molar-refractivity contribution is 8.00. The van der Waals surface area contributed by atoms with Crippen molar-refractivity contribution in [2.24, 2.45) is 0 Å². The quantitative estimate of drug-likeness (QED) is 0.690. The molecule has 2 N–H and O–H groups in total. The summed E-state index contributed by atoms with van der Waals surface area (Å²) in [5, 5.41) is 11.3. The molecule has 1 unspecified atom stereocenters. The molecule has 1 heterocycles. The zero-order chi connectivity index (χ0) is 15.1. The van der Waals surface area contributed by atoms with Crippen LogP contribution in [-0.2, 0) is 19.1 Å². The third-order valence-electron chi connectivity index (χ3n) is 2.63. The molecular weight excluding hydrogens is 284 g/mol. The first-order valence-corrected chi connectivity index (χ1v) is 7.54. The Hall–Kier alpha value is -1.28. The molecule has 1 aliphatic heterocycles. The van der Waals surface area contributed by atoms with Gasteiger partial charge < -0.3 is 20.1 Å². The van der Waals surface area contributed by atoms with Gasteiger partial charge >= 0.3 is 5.97 Å². The molecule has 0 bridgehead atoms. The highest BCUT2D eigenvalue weighted by atomic mass is 32.2. The van der Waals surface area contributed by atoms with Gasteiger partial charge in [0, 0.05) is 12.6 Å². The van der Waals surface area contributed by atoms with Gasteiger partial charge in [0.25, 0.3) is 0 Å². The molecule has 20 heavy (non-hydrogen) atoms. The van der Waals surface area contributed by atoms with Crippen LogP contribution in [0.2, 0.25) is 0 Å². The average Bonchev–Trinajstić information content (AvgIpc) is 2.37. The summed E-state index contributed by atoms with van der Waals surface area (Å²) in [5.74, 6) is -1.50. The van der Waals surface area contributed by atoms with Crippen molar-refractivity contribution >= 4 is 29.5 Å². The van der Waals surface area contributed by atoms with Crippen molar-refractivity contribution in [3.63, 3.8) is 0 Å². The fourth-order valence-corrected chi connectivity index (χ4v) is 2.43. The normalized spacial score (nSPS) is 18.9. The number of morpholine rings is 1. The van der Waals surface area contributed by atoms with Crippen molar-refractivity contribution in [1.29, 1.82) is 0 Å². The molecule has 2 amide bonds. The van der Waals surface area contributed by atoms with Gasteiger partial charge in [0.05, 0.1) is 24.7 Å². The predicted molar refractivity (Wildman–Crippen MR) is 74.6 cm³/mol. The summed E-state index contributed by atoms with van der Waals surface area (Å²) < 4.78 is 5.25. The fraction of sp³-hybridized carbons (Fsp3) is 0.750. The van der Waals surface area contributed by atoms with Gasteiger partial charge in [-0.25, -0.2) is 0 Å². The molecule has 114 valence electrons. The number of carbonyl (C=O) groups excluding carboxylic acids is 2. The molecule has 0 aromatic rings. The highest BCUT2D eigenvalue weighted by Gasteiger charge is 2.32. The summed E-state index contributed by atoms with van der Waals surface area (Å²) >= 11 is 1.03. The van der Waals surface area contributed by atoms with E-state index in [-0.39, 0.29) is 36.0 Å². The molecule has 0 aliphatic carbocycles. The standard InChI is InChI=1S/C12H20N2O5S/c1-8(2)13-12(18)9-5-19-4-3-14(9)10(15)6-20-7-11(16)17/h8-9H,3-7H2,1-2H3,(H,13,18)(H,16,17). The maximum Gasteiger partial charge on any atom is 0.313 e. The highest BCUT2D eigenvalue weighted by Crippen LogP contribution is 2.11. The number of thioether (sulfide) groups is 1. The second-order valence-electron chi connectivity index (χ2n) is 4.73. The molecule has 1 rings (SSSR count). The van der Waals surface area contributed by atoms with Crippen molar-refractivity contribution in [2.75, 3.05) is 31.3 Å². The van der Waals surface area contributed by atoms with E-state index in [1.54, 1.807) is 0 Å². The summed E-state index contributed by atoms with van der Waals surface area (Å²) in [7, 11) is 0. The Morgan fingerprint density at radius 1 is 1.40 bits per heavy atom. The SMILES string of the molecule is CC(C)NC(=O)C1COCCN1C(=O)CSCC(=O)O. The number of amides is 2. The Morgan fingerprint density at radius 3 is 2.70 bits per heavy atom. The number of ether oxygens (including phenoxy) is 1. The molecule has 1 aliphatic rings. The maximum atomic E-state index is 12.1. The van der Waals surface area contributed by atoms with E-state index >= 15 is 0 Å². The van der Waals surface area contributed by atoms with Crippen LogP contribution >= 0.6 is 11.8 Å². The van der Waals surface area contributed by atoms with Crippen molar-refractivity contribution in [3.05, 3.63) is 0 Å². The van der Waals surface area contributed by atoms with Gasteiger partial charge in [-0.2, -0.15) is 0 Å². The molecule has 1 fully saturated rings. The lowest BCUT2D eigenvalue weighted by Crippen LogP contribution is -2.57. The first kappa shape index (κ1) is 16.8. The Morgan fingerprint density at radius 2 is 2.10 bits per heavy atom. The van der Waals surface area contributed by atoms with Crippen LogP contribution in [0.4, 0.5) is 0 Å². The first-order chi connectivity index (χ1) is 9.41. The van der Waals surface area contributed by atoms with E-state index < -0.39 is 12.0 Å². The predicted octanol–water partition coefficient (Wildman–Crippen LogP) is -0.444. The second kappa shape index (κ2) is 8.11. The monoisotopic (exact) mass is 304 g/mol. The molecule has 1 saturated heterocycles. The first-order valence-electron chi connectivity index (χ1n) is 6.39. The molecular formula is C12H20N2O5S. The lowest BCUT2D eigenvalue weighted by atomic mass is 10.2. The van der Waals surface area contributed by atoms with E-state index in [1.165, 1.54) is 4.90 Å². The number of nitrogens with one attached hydrogen (secondary N) is 1. The molecule has 0 radical (unpaired) electrons. The van der Waals surface area contributed by atoms with E-state index in [1.807, 2.05) is 13.8 Å². The zero-order valence-electron chi connectivity index (χ0n) is 11.6. The van der Waals surface area contributed by atoms with Gasteiger partial charge in [-0.1, -0.05) is 0 Å². The molecule has 7 nitrogen and oxygen atoms in total. The van der Waals surface area contributed by atoms with E-state index in [0.717, 1.165) is 11.8 Å². The maximum absolute atomic E-state index is 12.1. The minimum atomic E-state index is -0.959. The van der Waals surface area contributed by atoms with Gasteiger partial charge in [0.1, 0.15) is 6.04 Å². The summed E-state index contributed by atoms with van der Waals surface area (Å²) in [5.41, 5.74) is 0.